The fraction of sp³-hybridized carbons (Fsp3) is 0.0667. The van der Waals surface area contributed by atoms with Crippen molar-refractivity contribution in [1.82, 2.24) is 0 Å². The maximum absolute atomic E-state index is 11.9. The zero-order valence-electron chi connectivity index (χ0n) is 12.2. The molecule has 2 rings (SSSR count). The third-order valence-corrected chi connectivity index (χ3v) is 3.15. The summed E-state index contributed by atoms with van der Waals surface area (Å²) in [6.07, 6.45) is 0. The molecule has 124 valence electrons. The molecule has 0 aliphatic carbocycles. The minimum atomic E-state index is -0.802. The second kappa shape index (κ2) is 7.42. The lowest BCUT2D eigenvalue weighted by Gasteiger charge is -2.08. The van der Waals surface area contributed by atoms with Crippen molar-refractivity contribution in [2.75, 3.05) is 17.7 Å². The maximum atomic E-state index is 11.9. The monoisotopic (exact) mass is 349 g/mol. The van der Waals surface area contributed by atoms with Gasteiger partial charge in [-0.1, -0.05) is 17.7 Å². The van der Waals surface area contributed by atoms with Gasteiger partial charge < -0.3 is 15.8 Å². The molecule has 3 N–H and O–H groups in total. The lowest BCUT2D eigenvalue weighted by Crippen LogP contribution is -2.21. The number of nitro benzene ring substituents is 1. The molecule has 8 nitrogen and oxygen atoms in total. The summed E-state index contributed by atoms with van der Waals surface area (Å²) in [7, 11) is 0. The van der Waals surface area contributed by atoms with E-state index in [1.165, 1.54) is 42.5 Å². The van der Waals surface area contributed by atoms with E-state index in [1.807, 2.05) is 0 Å². The Balaban J connectivity index is 1.96. The number of esters is 1. The molecule has 1 amide bonds. The van der Waals surface area contributed by atoms with Crippen molar-refractivity contribution in [2.45, 2.75) is 0 Å². The Morgan fingerprint density at radius 2 is 2.00 bits per heavy atom. The Hall–Kier alpha value is -3.13. The molecule has 0 saturated carbocycles. The standard InChI is InChI=1S/C15H12ClN3O5/c16-9-4-5-13(17)12(6-9)15(21)24-8-14(20)18-10-2-1-3-11(7-10)19(22)23/h1-7H,8,17H2,(H,18,20). The summed E-state index contributed by atoms with van der Waals surface area (Å²) in [6.45, 7) is -0.576. The molecule has 0 radical (unpaired) electrons. The van der Waals surface area contributed by atoms with Crippen LogP contribution in [0.5, 0.6) is 0 Å². The number of nitrogens with two attached hydrogens (primary N) is 1. The van der Waals surface area contributed by atoms with Crippen LogP contribution in [0.15, 0.2) is 42.5 Å². The van der Waals surface area contributed by atoms with Gasteiger partial charge in [0, 0.05) is 28.5 Å². The van der Waals surface area contributed by atoms with Crippen LogP contribution < -0.4 is 11.1 Å². The largest absolute Gasteiger partial charge is 0.452 e. The summed E-state index contributed by atoms with van der Waals surface area (Å²) < 4.78 is 4.85. The molecule has 0 unspecified atom stereocenters. The molecule has 0 atom stereocenters. The van der Waals surface area contributed by atoms with Gasteiger partial charge >= 0.3 is 5.97 Å². The summed E-state index contributed by atoms with van der Waals surface area (Å²) in [5, 5.41) is 13.4. The number of amides is 1. The van der Waals surface area contributed by atoms with Crippen LogP contribution in [-0.2, 0) is 9.53 Å². The summed E-state index contributed by atoms with van der Waals surface area (Å²) in [5.74, 6) is -1.45. The van der Waals surface area contributed by atoms with Gasteiger partial charge in [0.2, 0.25) is 0 Å². The molecule has 0 aliphatic heterocycles. The molecule has 0 fully saturated rings. The highest BCUT2D eigenvalue weighted by Gasteiger charge is 2.14. The first-order valence-corrected chi connectivity index (χ1v) is 7.01. The Kier molecular flexibility index (Phi) is 5.33. The number of anilines is 2. The van der Waals surface area contributed by atoms with Crippen LogP contribution in [0.1, 0.15) is 10.4 Å². The summed E-state index contributed by atoms with van der Waals surface area (Å²) >= 11 is 5.77. The normalized spacial score (nSPS) is 10.0. The van der Waals surface area contributed by atoms with Crippen LogP contribution in [0, 0.1) is 10.1 Å². The van der Waals surface area contributed by atoms with Gasteiger partial charge in [-0.2, -0.15) is 0 Å². The average Bonchev–Trinajstić information content (AvgIpc) is 2.55. The SMILES string of the molecule is Nc1ccc(Cl)cc1C(=O)OCC(=O)Nc1cccc([N+](=O)[O-])c1. The van der Waals surface area contributed by atoms with Gasteiger partial charge in [-0.3, -0.25) is 14.9 Å². The molecule has 0 saturated heterocycles. The second-order valence-corrected chi connectivity index (χ2v) is 5.10. The molecular weight excluding hydrogens is 338 g/mol. The van der Waals surface area contributed by atoms with E-state index in [-0.39, 0.29) is 22.6 Å². The first kappa shape index (κ1) is 17.2. The topological polar surface area (TPSA) is 125 Å². The molecule has 24 heavy (non-hydrogen) atoms. The Bertz CT molecular complexity index is 809. The highest BCUT2D eigenvalue weighted by molar-refractivity contribution is 6.31. The summed E-state index contributed by atoms with van der Waals surface area (Å²) in [4.78, 5) is 33.7. The van der Waals surface area contributed by atoms with Crippen molar-refractivity contribution in [2.24, 2.45) is 0 Å². The van der Waals surface area contributed by atoms with E-state index in [2.05, 4.69) is 5.32 Å². The number of hydrogen-bond donors (Lipinski definition) is 2. The van der Waals surface area contributed by atoms with E-state index in [1.54, 1.807) is 0 Å². The molecule has 0 spiro atoms. The van der Waals surface area contributed by atoms with E-state index in [0.717, 1.165) is 0 Å². The van der Waals surface area contributed by atoms with Crippen molar-refractivity contribution in [1.29, 1.82) is 0 Å². The minimum absolute atomic E-state index is 0.0469. The molecule has 2 aromatic rings. The van der Waals surface area contributed by atoms with Crippen LogP contribution in [0.25, 0.3) is 0 Å². The number of nitrogens with one attached hydrogen (secondary N) is 1. The Labute approximate surface area is 141 Å². The third kappa shape index (κ3) is 4.43. The zero-order chi connectivity index (χ0) is 17.7. The third-order valence-electron chi connectivity index (χ3n) is 2.91. The molecule has 0 bridgehead atoms. The number of hydrogen-bond acceptors (Lipinski definition) is 6. The van der Waals surface area contributed by atoms with Gasteiger partial charge in [0.1, 0.15) is 0 Å². The van der Waals surface area contributed by atoms with Crippen molar-refractivity contribution in [3.8, 4) is 0 Å². The van der Waals surface area contributed by atoms with E-state index < -0.39 is 23.4 Å². The van der Waals surface area contributed by atoms with Crippen LogP contribution in [0.3, 0.4) is 0 Å². The number of halogens is 1. The van der Waals surface area contributed by atoms with Crippen LogP contribution in [0.4, 0.5) is 17.1 Å². The Morgan fingerprint density at radius 1 is 1.25 bits per heavy atom. The number of non-ortho nitro benzene ring substituents is 1. The van der Waals surface area contributed by atoms with Gasteiger partial charge in [0.05, 0.1) is 10.5 Å². The van der Waals surface area contributed by atoms with E-state index in [0.29, 0.717) is 5.02 Å². The average molecular weight is 350 g/mol. The van der Waals surface area contributed by atoms with Crippen molar-refractivity contribution in [3.63, 3.8) is 0 Å². The van der Waals surface area contributed by atoms with Crippen molar-refractivity contribution >= 4 is 40.5 Å². The highest BCUT2D eigenvalue weighted by atomic mass is 35.5. The quantitative estimate of drug-likeness (QED) is 0.370. The zero-order valence-corrected chi connectivity index (χ0v) is 12.9. The van der Waals surface area contributed by atoms with Gasteiger partial charge in [0.15, 0.2) is 6.61 Å². The Morgan fingerprint density at radius 3 is 2.71 bits per heavy atom. The van der Waals surface area contributed by atoms with E-state index in [4.69, 9.17) is 22.1 Å². The first-order valence-electron chi connectivity index (χ1n) is 6.63. The lowest BCUT2D eigenvalue weighted by molar-refractivity contribution is -0.384. The predicted molar refractivity (Wildman–Crippen MR) is 87.9 cm³/mol. The minimum Gasteiger partial charge on any atom is -0.452 e. The van der Waals surface area contributed by atoms with Gasteiger partial charge in [-0.25, -0.2) is 4.79 Å². The number of nitrogens with zero attached hydrogens (tertiary/aromatic N) is 1. The lowest BCUT2D eigenvalue weighted by atomic mass is 10.2. The van der Waals surface area contributed by atoms with Crippen LogP contribution in [-0.4, -0.2) is 23.4 Å². The molecule has 9 heteroatoms. The van der Waals surface area contributed by atoms with Crippen LogP contribution >= 0.6 is 11.6 Å². The number of benzene rings is 2. The second-order valence-electron chi connectivity index (χ2n) is 4.66. The van der Waals surface area contributed by atoms with E-state index >= 15 is 0 Å². The predicted octanol–water partition coefficient (Wildman–Crippen LogP) is 2.63. The van der Waals surface area contributed by atoms with Crippen molar-refractivity contribution < 1.29 is 19.2 Å². The van der Waals surface area contributed by atoms with Gasteiger partial charge in [0.25, 0.3) is 11.6 Å². The van der Waals surface area contributed by atoms with Gasteiger partial charge in [-0.15, -0.1) is 0 Å². The van der Waals surface area contributed by atoms with Crippen molar-refractivity contribution in [3.05, 3.63) is 63.2 Å². The maximum Gasteiger partial charge on any atom is 0.340 e. The molecule has 2 aromatic carbocycles. The summed E-state index contributed by atoms with van der Waals surface area (Å²) in [6, 6.07) is 9.67. The number of rotatable bonds is 5. The number of carbonyl (C=O) groups excluding carboxylic acids is 2. The first-order chi connectivity index (χ1) is 11.4. The van der Waals surface area contributed by atoms with Crippen LogP contribution in [0.2, 0.25) is 5.02 Å². The number of ether oxygens (including phenoxy) is 1. The van der Waals surface area contributed by atoms with E-state index in [9.17, 15) is 19.7 Å². The fourth-order valence-corrected chi connectivity index (χ4v) is 1.98. The smallest absolute Gasteiger partial charge is 0.340 e. The number of nitro groups is 1. The number of carbonyl (C=O) groups is 2. The highest BCUT2D eigenvalue weighted by Crippen LogP contribution is 2.19. The fourth-order valence-electron chi connectivity index (χ4n) is 1.81. The molecular formula is C15H12ClN3O5. The molecule has 0 heterocycles. The van der Waals surface area contributed by atoms with Gasteiger partial charge in [-0.05, 0) is 24.3 Å². The molecule has 0 aliphatic rings. The number of nitrogen functional groups attached to an aromatic ring is 1. The molecule has 0 aromatic heterocycles. The summed E-state index contributed by atoms with van der Waals surface area (Å²) in [5.41, 5.74) is 5.90.